The Labute approximate surface area is 129 Å². The first-order chi connectivity index (χ1) is 9.70. The topological polar surface area (TPSA) is 122 Å². The van der Waals surface area contributed by atoms with E-state index in [2.05, 4.69) is 10.6 Å². The zero-order chi connectivity index (χ0) is 16.6. The summed E-state index contributed by atoms with van der Waals surface area (Å²) in [4.78, 5) is 34.7. The summed E-state index contributed by atoms with van der Waals surface area (Å²) in [7, 11) is 0. The highest BCUT2D eigenvalue weighted by molar-refractivity contribution is 7.98. The van der Waals surface area contributed by atoms with Crippen LogP contribution in [0.3, 0.4) is 0 Å². The zero-order valence-electron chi connectivity index (χ0n) is 12.9. The molecule has 3 atom stereocenters. The fraction of sp³-hybridized carbons (Fsp3) is 0.769. The van der Waals surface area contributed by atoms with Gasteiger partial charge in [0, 0.05) is 0 Å². The summed E-state index contributed by atoms with van der Waals surface area (Å²) in [6.07, 6.45) is 2.43. The highest BCUT2D eigenvalue weighted by atomic mass is 32.2. The van der Waals surface area contributed by atoms with Crippen molar-refractivity contribution in [2.45, 2.75) is 45.3 Å². The lowest BCUT2D eigenvalue weighted by Crippen LogP contribution is -2.54. The quantitative estimate of drug-likeness (QED) is 0.467. The first-order valence-corrected chi connectivity index (χ1v) is 8.18. The molecular formula is C13H25N3O4S. The average molecular weight is 319 g/mol. The largest absolute Gasteiger partial charge is 0.480 e. The van der Waals surface area contributed by atoms with Gasteiger partial charge in [0.1, 0.15) is 12.1 Å². The van der Waals surface area contributed by atoms with Crippen LogP contribution in [-0.4, -0.2) is 53.0 Å². The van der Waals surface area contributed by atoms with Crippen LogP contribution in [0.15, 0.2) is 0 Å². The molecule has 122 valence electrons. The minimum atomic E-state index is -1.10. The first-order valence-electron chi connectivity index (χ1n) is 6.78. The van der Waals surface area contributed by atoms with E-state index >= 15 is 0 Å². The molecule has 0 unspecified atom stereocenters. The van der Waals surface area contributed by atoms with Gasteiger partial charge in [-0.3, -0.25) is 9.59 Å². The van der Waals surface area contributed by atoms with Gasteiger partial charge in [-0.25, -0.2) is 4.79 Å². The highest BCUT2D eigenvalue weighted by Crippen LogP contribution is 2.03. The lowest BCUT2D eigenvalue weighted by molar-refractivity contribution is -0.143. The second-order valence-corrected chi connectivity index (χ2v) is 6.17. The molecule has 0 fully saturated rings. The molecule has 0 heterocycles. The van der Waals surface area contributed by atoms with Crippen LogP contribution < -0.4 is 16.4 Å². The summed E-state index contributed by atoms with van der Waals surface area (Å²) in [5.41, 5.74) is 5.70. The van der Waals surface area contributed by atoms with Crippen LogP contribution in [0.2, 0.25) is 0 Å². The minimum absolute atomic E-state index is 0.252. The van der Waals surface area contributed by atoms with Crippen LogP contribution in [-0.2, 0) is 14.4 Å². The Morgan fingerprint density at radius 3 is 2.14 bits per heavy atom. The number of hydrogen-bond acceptors (Lipinski definition) is 5. The lowest BCUT2D eigenvalue weighted by Gasteiger charge is -2.22. The first kappa shape index (κ1) is 19.7. The molecule has 0 aliphatic rings. The van der Waals surface area contributed by atoms with E-state index in [0.717, 1.165) is 5.75 Å². The summed E-state index contributed by atoms with van der Waals surface area (Å²) in [5, 5.41) is 13.9. The van der Waals surface area contributed by atoms with Gasteiger partial charge >= 0.3 is 5.97 Å². The molecule has 0 spiro atoms. The van der Waals surface area contributed by atoms with Crippen LogP contribution in [0.5, 0.6) is 0 Å². The zero-order valence-corrected chi connectivity index (χ0v) is 13.7. The van der Waals surface area contributed by atoms with Crippen molar-refractivity contribution in [3.63, 3.8) is 0 Å². The van der Waals surface area contributed by atoms with Crippen molar-refractivity contribution in [1.82, 2.24) is 10.6 Å². The van der Waals surface area contributed by atoms with Crippen molar-refractivity contribution in [2.24, 2.45) is 11.7 Å². The van der Waals surface area contributed by atoms with Crippen LogP contribution in [0.25, 0.3) is 0 Å². The molecule has 0 rings (SSSR count). The van der Waals surface area contributed by atoms with E-state index in [1.807, 2.05) is 6.26 Å². The fourth-order valence-electron chi connectivity index (χ4n) is 1.55. The predicted molar refractivity (Wildman–Crippen MR) is 83.0 cm³/mol. The van der Waals surface area contributed by atoms with Gasteiger partial charge in [-0.2, -0.15) is 11.8 Å². The Morgan fingerprint density at radius 1 is 1.14 bits per heavy atom. The Bertz CT molecular complexity index is 376. The normalized spacial score (nSPS) is 15.1. The van der Waals surface area contributed by atoms with Crippen molar-refractivity contribution in [3.05, 3.63) is 0 Å². The van der Waals surface area contributed by atoms with Gasteiger partial charge < -0.3 is 21.5 Å². The van der Waals surface area contributed by atoms with Crippen LogP contribution in [0, 0.1) is 5.92 Å². The monoisotopic (exact) mass is 319 g/mol. The summed E-state index contributed by atoms with van der Waals surface area (Å²) in [6, 6.07) is -2.49. The Hall–Kier alpha value is -1.28. The van der Waals surface area contributed by atoms with Crippen LogP contribution in [0.1, 0.15) is 27.2 Å². The van der Waals surface area contributed by atoms with Gasteiger partial charge in [-0.05, 0) is 31.3 Å². The maximum Gasteiger partial charge on any atom is 0.326 e. The molecule has 0 aromatic heterocycles. The second-order valence-electron chi connectivity index (χ2n) is 5.19. The third-order valence-electron chi connectivity index (χ3n) is 2.95. The Kier molecular flexibility index (Phi) is 9.03. The number of thioether (sulfide) groups is 1. The van der Waals surface area contributed by atoms with Crippen molar-refractivity contribution in [2.75, 3.05) is 12.0 Å². The molecule has 0 aliphatic carbocycles. The molecule has 0 aromatic carbocycles. The molecule has 5 N–H and O–H groups in total. The third-order valence-corrected chi connectivity index (χ3v) is 3.60. The summed E-state index contributed by atoms with van der Waals surface area (Å²) in [5.74, 6) is -1.56. The smallest absolute Gasteiger partial charge is 0.326 e. The van der Waals surface area contributed by atoms with Crippen molar-refractivity contribution in [1.29, 1.82) is 0 Å². The van der Waals surface area contributed by atoms with Crippen molar-refractivity contribution in [3.8, 4) is 0 Å². The molecular weight excluding hydrogens is 294 g/mol. The van der Waals surface area contributed by atoms with E-state index in [1.54, 1.807) is 25.6 Å². The van der Waals surface area contributed by atoms with Crippen LogP contribution in [0.4, 0.5) is 0 Å². The average Bonchev–Trinajstić information content (AvgIpc) is 2.40. The van der Waals surface area contributed by atoms with Crippen molar-refractivity contribution >= 4 is 29.5 Å². The summed E-state index contributed by atoms with van der Waals surface area (Å²) >= 11 is 1.58. The highest BCUT2D eigenvalue weighted by Gasteiger charge is 2.27. The van der Waals surface area contributed by atoms with Gasteiger partial charge in [0.25, 0.3) is 0 Å². The Balaban J connectivity index is 4.44. The molecule has 2 amide bonds. The molecule has 0 saturated heterocycles. The SMILES string of the molecule is CSCC[C@H](N)C(=O)N[C@@H](C)C(=O)N[C@H](C(=O)O)C(C)C. The van der Waals surface area contributed by atoms with Gasteiger partial charge in [0.15, 0.2) is 0 Å². The van der Waals surface area contributed by atoms with Crippen molar-refractivity contribution < 1.29 is 19.5 Å². The number of amides is 2. The summed E-state index contributed by atoms with van der Waals surface area (Å²) in [6.45, 7) is 4.88. The molecule has 21 heavy (non-hydrogen) atoms. The number of carboxylic acid groups (broad SMARTS) is 1. The maximum absolute atomic E-state index is 11.9. The molecule has 0 bridgehead atoms. The predicted octanol–water partition coefficient (Wildman–Crippen LogP) is -0.203. The molecule has 0 radical (unpaired) electrons. The maximum atomic E-state index is 11.9. The molecule has 0 saturated carbocycles. The minimum Gasteiger partial charge on any atom is -0.480 e. The van der Waals surface area contributed by atoms with E-state index < -0.39 is 35.9 Å². The number of carbonyl (C=O) groups is 3. The molecule has 0 aliphatic heterocycles. The van der Waals surface area contributed by atoms with Gasteiger partial charge in [-0.15, -0.1) is 0 Å². The molecule has 8 heteroatoms. The lowest BCUT2D eigenvalue weighted by atomic mass is 10.0. The standard InChI is InChI=1S/C13H25N3O4S/c1-7(2)10(13(19)20)16-11(17)8(3)15-12(18)9(14)5-6-21-4/h7-10H,5-6,14H2,1-4H3,(H,15,18)(H,16,17)(H,19,20)/t8-,9-,10-/m0/s1. The number of carboxylic acids is 1. The Morgan fingerprint density at radius 2 is 1.71 bits per heavy atom. The van der Waals surface area contributed by atoms with E-state index in [0.29, 0.717) is 6.42 Å². The van der Waals surface area contributed by atoms with E-state index in [-0.39, 0.29) is 5.92 Å². The van der Waals surface area contributed by atoms with E-state index in [1.165, 1.54) is 6.92 Å². The summed E-state index contributed by atoms with van der Waals surface area (Å²) < 4.78 is 0. The van der Waals surface area contributed by atoms with E-state index in [9.17, 15) is 14.4 Å². The fourth-order valence-corrected chi connectivity index (χ4v) is 2.04. The van der Waals surface area contributed by atoms with Gasteiger partial charge in [0.2, 0.25) is 11.8 Å². The van der Waals surface area contributed by atoms with E-state index in [4.69, 9.17) is 10.8 Å². The number of hydrogen-bond donors (Lipinski definition) is 4. The number of rotatable bonds is 9. The van der Waals surface area contributed by atoms with Crippen LogP contribution >= 0.6 is 11.8 Å². The second kappa shape index (κ2) is 9.62. The van der Waals surface area contributed by atoms with Gasteiger partial charge in [-0.1, -0.05) is 13.8 Å². The molecule has 0 aromatic rings. The molecule has 7 nitrogen and oxygen atoms in total. The number of carbonyl (C=O) groups excluding carboxylic acids is 2. The number of nitrogens with two attached hydrogens (primary N) is 1. The van der Waals surface area contributed by atoms with Gasteiger partial charge in [0.05, 0.1) is 6.04 Å². The third kappa shape index (κ3) is 7.33. The number of nitrogens with one attached hydrogen (secondary N) is 2. The number of aliphatic carboxylic acids is 1.